The van der Waals surface area contributed by atoms with E-state index in [4.69, 9.17) is 9.47 Å². The first kappa shape index (κ1) is 20.1. The zero-order valence-corrected chi connectivity index (χ0v) is 17.6. The Hall–Kier alpha value is -3.85. The molecule has 0 saturated carbocycles. The molecular formula is C23H17N3O5S. The summed E-state index contributed by atoms with van der Waals surface area (Å²) >= 11 is 0.872. The maximum Gasteiger partial charge on any atom is 0.293 e. The number of fused-ring (bicyclic) bond motifs is 2. The molecule has 2 aliphatic rings. The fraction of sp³-hybridized carbons (Fsp3) is 0.130. The number of ether oxygens (including phenoxy) is 2. The summed E-state index contributed by atoms with van der Waals surface area (Å²) in [6.45, 7) is 0.388. The molecule has 2 aromatic carbocycles. The van der Waals surface area contributed by atoms with Crippen LogP contribution in [-0.4, -0.2) is 46.8 Å². The van der Waals surface area contributed by atoms with Crippen molar-refractivity contribution in [2.75, 3.05) is 19.9 Å². The molecule has 0 radical (unpaired) electrons. The molecule has 1 fully saturated rings. The number of nitrogens with one attached hydrogen (secondary N) is 1. The Bertz CT molecular complexity index is 1280. The van der Waals surface area contributed by atoms with Crippen molar-refractivity contribution in [2.45, 2.75) is 0 Å². The van der Waals surface area contributed by atoms with E-state index < -0.39 is 0 Å². The number of imide groups is 1. The highest BCUT2D eigenvalue weighted by Crippen LogP contribution is 2.36. The van der Waals surface area contributed by atoms with E-state index in [0.717, 1.165) is 33.1 Å². The van der Waals surface area contributed by atoms with Crippen LogP contribution in [0.2, 0.25) is 0 Å². The standard InChI is InChI=1S/C23H17N3O5S/c27-21(16-3-1-5-17-15(16)4-2-8-24-17)25-9-10-26-22(28)20(32-23(26)29)12-14-6-7-18-19(11-14)31-13-30-18/h1-8,11-12H,9-10,13H2,(H,25,27)/b20-12-. The van der Waals surface area contributed by atoms with E-state index in [-0.39, 0.29) is 36.9 Å². The Kier molecular flexibility index (Phi) is 5.24. The fourth-order valence-corrected chi connectivity index (χ4v) is 4.39. The number of carbonyl (C=O) groups excluding carboxylic acids is 3. The van der Waals surface area contributed by atoms with E-state index in [1.807, 2.05) is 12.1 Å². The van der Waals surface area contributed by atoms with E-state index in [1.165, 1.54) is 0 Å². The Balaban J connectivity index is 1.24. The lowest BCUT2D eigenvalue weighted by Crippen LogP contribution is -2.37. The summed E-state index contributed by atoms with van der Waals surface area (Å²) < 4.78 is 10.6. The molecule has 0 unspecified atom stereocenters. The first-order chi connectivity index (χ1) is 15.6. The van der Waals surface area contributed by atoms with E-state index in [0.29, 0.717) is 22.0 Å². The van der Waals surface area contributed by atoms with Gasteiger partial charge in [-0.05, 0) is 53.7 Å². The first-order valence-corrected chi connectivity index (χ1v) is 10.7. The van der Waals surface area contributed by atoms with Gasteiger partial charge < -0.3 is 14.8 Å². The largest absolute Gasteiger partial charge is 0.454 e. The quantitative estimate of drug-likeness (QED) is 0.599. The van der Waals surface area contributed by atoms with Gasteiger partial charge in [0.15, 0.2) is 11.5 Å². The van der Waals surface area contributed by atoms with Gasteiger partial charge >= 0.3 is 0 Å². The van der Waals surface area contributed by atoms with Gasteiger partial charge in [0.05, 0.1) is 10.4 Å². The van der Waals surface area contributed by atoms with Crippen molar-refractivity contribution >= 4 is 45.8 Å². The number of rotatable bonds is 5. The fourth-order valence-electron chi connectivity index (χ4n) is 3.52. The van der Waals surface area contributed by atoms with Crippen LogP contribution < -0.4 is 14.8 Å². The van der Waals surface area contributed by atoms with Gasteiger partial charge in [-0.25, -0.2) is 0 Å². The maximum atomic E-state index is 12.7. The Morgan fingerprint density at radius 2 is 2.00 bits per heavy atom. The summed E-state index contributed by atoms with van der Waals surface area (Å²) in [4.78, 5) is 43.4. The van der Waals surface area contributed by atoms with Gasteiger partial charge in [0.2, 0.25) is 6.79 Å². The number of hydrogen-bond acceptors (Lipinski definition) is 7. The number of hydrogen-bond donors (Lipinski definition) is 1. The minimum atomic E-state index is -0.388. The lowest BCUT2D eigenvalue weighted by Gasteiger charge is -2.13. The molecule has 3 aromatic rings. The average Bonchev–Trinajstić information content (AvgIpc) is 3.38. The normalized spacial score (nSPS) is 16.2. The van der Waals surface area contributed by atoms with Crippen LogP contribution in [0.5, 0.6) is 11.5 Å². The lowest BCUT2D eigenvalue weighted by molar-refractivity contribution is -0.122. The maximum absolute atomic E-state index is 12.7. The summed E-state index contributed by atoms with van der Waals surface area (Å²) in [6, 6.07) is 14.2. The SMILES string of the molecule is O=C(NCCN1C(=O)S/C(=C\c2ccc3c(c2)OCO3)C1=O)c1cccc2ncccc12. The molecular weight excluding hydrogens is 430 g/mol. The van der Waals surface area contributed by atoms with Crippen molar-refractivity contribution in [3.63, 3.8) is 0 Å². The Morgan fingerprint density at radius 3 is 2.91 bits per heavy atom. The summed E-state index contributed by atoms with van der Waals surface area (Å²) in [7, 11) is 0. The molecule has 32 heavy (non-hydrogen) atoms. The molecule has 0 aliphatic carbocycles. The molecule has 1 N–H and O–H groups in total. The first-order valence-electron chi connectivity index (χ1n) is 9.87. The zero-order chi connectivity index (χ0) is 22.1. The molecule has 3 heterocycles. The number of benzene rings is 2. The minimum absolute atomic E-state index is 0.0813. The average molecular weight is 447 g/mol. The highest BCUT2D eigenvalue weighted by Gasteiger charge is 2.34. The van der Waals surface area contributed by atoms with Crippen LogP contribution in [0, 0.1) is 0 Å². The minimum Gasteiger partial charge on any atom is -0.454 e. The second-order valence-corrected chi connectivity index (χ2v) is 8.07. The molecule has 1 aromatic heterocycles. The van der Waals surface area contributed by atoms with Gasteiger partial charge in [-0.15, -0.1) is 0 Å². The second kappa shape index (κ2) is 8.35. The summed E-state index contributed by atoms with van der Waals surface area (Å²) in [5, 5.41) is 3.15. The third-order valence-corrected chi connectivity index (χ3v) is 5.99. The van der Waals surface area contributed by atoms with Gasteiger partial charge in [0.25, 0.3) is 17.1 Å². The summed E-state index contributed by atoms with van der Waals surface area (Å²) in [5.41, 5.74) is 1.95. The topological polar surface area (TPSA) is 97.8 Å². The Labute approximate surface area is 187 Å². The van der Waals surface area contributed by atoms with Gasteiger partial charge in [-0.2, -0.15) is 0 Å². The van der Waals surface area contributed by atoms with Crippen LogP contribution in [0.3, 0.4) is 0 Å². The van der Waals surface area contributed by atoms with Crippen LogP contribution >= 0.6 is 11.8 Å². The molecule has 0 spiro atoms. The molecule has 1 saturated heterocycles. The zero-order valence-electron chi connectivity index (χ0n) is 16.7. The lowest BCUT2D eigenvalue weighted by atomic mass is 10.1. The van der Waals surface area contributed by atoms with Crippen molar-refractivity contribution in [3.05, 3.63) is 70.8 Å². The number of amides is 3. The number of carbonyl (C=O) groups is 3. The Morgan fingerprint density at radius 1 is 1.12 bits per heavy atom. The van der Waals surface area contributed by atoms with Crippen molar-refractivity contribution in [1.29, 1.82) is 0 Å². The predicted octanol–water partition coefficient (Wildman–Crippen LogP) is 3.43. The third-order valence-electron chi connectivity index (χ3n) is 5.08. The number of aromatic nitrogens is 1. The van der Waals surface area contributed by atoms with Crippen LogP contribution in [0.4, 0.5) is 4.79 Å². The number of nitrogens with zero attached hydrogens (tertiary/aromatic N) is 2. The van der Waals surface area contributed by atoms with Crippen molar-refractivity contribution in [2.24, 2.45) is 0 Å². The smallest absolute Gasteiger partial charge is 0.293 e. The molecule has 0 atom stereocenters. The van der Waals surface area contributed by atoms with E-state index in [9.17, 15) is 14.4 Å². The van der Waals surface area contributed by atoms with Crippen LogP contribution in [-0.2, 0) is 4.79 Å². The monoisotopic (exact) mass is 447 g/mol. The number of pyridine rings is 1. The molecule has 160 valence electrons. The molecule has 8 nitrogen and oxygen atoms in total. The second-order valence-electron chi connectivity index (χ2n) is 7.08. The van der Waals surface area contributed by atoms with Crippen molar-refractivity contribution in [1.82, 2.24) is 15.2 Å². The predicted molar refractivity (Wildman–Crippen MR) is 119 cm³/mol. The van der Waals surface area contributed by atoms with E-state index in [1.54, 1.807) is 48.7 Å². The van der Waals surface area contributed by atoms with Gasteiger partial charge in [-0.1, -0.05) is 18.2 Å². The van der Waals surface area contributed by atoms with Crippen LogP contribution in [0.25, 0.3) is 17.0 Å². The summed E-state index contributed by atoms with van der Waals surface area (Å²) in [5.74, 6) is 0.574. The number of thioether (sulfide) groups is 1. The van der Waals surface area contributed by atoms with Crippen molar-refractivity contribution in [3.8, 4) is 11.5 Å². The molecule has 5 rings (SSSR count). The van der Waals surface area contributed by atoms with Crippen LogP contribution in [0.15, 0.2) is 59.6 Å². The molecule has 3 amide bonds. The van der Waals surface area contributed by atoms with E-state index in [2.05, 4.69) is 10.3 Å². The highest BCUT2D eigenvalue weighted by atomic mass is 32.2. The van der Waals surface area contributed by atoms with Gasteiger partial charge in [0, 0.05) is 30.2 Å². The third kappa shape index (κ3) is 3.78. The van der Waals surface area contributed by atoms with Crippen molar-refractivity contribution < 1.29 is 23.9 Å². The highest BCUT2D eigenvalue weighted by molar-refractivity contribution is 8.18. The van der Waals surface area contributed by atoms with Gasteiger partial charge in [0.1, 0.15) is 0 Å². The van der Waals surface area contributed by atoms with E-state index >= 15 is 0 Å². The van der Waals surface area contributed by atoms with Crippen LogP contribution in [0.1, 0.15) is 15.9 Å². The van der Waals surface area contributed by atoms with Gasteiger partial charge in [-0.3, -0.25) is 24.3 Å². The summed E-state index contributed by atoms with van der Waals surface area (Å²) in [6.07, 6.45) is 3.31. The molecule has 2 aliphatic heterocycles. The molecule has 0 bridgehead atoms. The molecule has 9 heteroatoms.